The van der Waals surface area contributed by atoms with E-state index in [-0.39, 0.29) is 10.7 Å². The van der Waals surface area contributed by atoms with E-state index in [9.17, 15) is 17.9 Å². The summed E-state index contributed by atoms with van der Waals surface area (Å²) in [5.74, 6) is -0.908. The van der Waals surface area contributed by atoms with Gasteiger partial charge in [0.15, 0.2) is 0 Å². The summed E-state index contributed by atoms with van der Waals surface area (Å²) in [6.07, 6.45) is 2.72. The average molecular weight is 537 g/mol. The molecule has 184 valence electrons. The fraction of sp³-hybridized carbons (Fsp3) is 0.190. The predicted octanol–water partition coefficient (Wildman–Crippen LogP) is 3.62. The first-order chi connectivity index (χ1) is 16.9. The van der Waals surface area contributed by atoms with Crippen LogP contribution in [0.25, 0.3) is 10.9 Å². The molecule has 2 aromatic carbocycles. The maximum Gasteiger partial charge on any atom is 0.256 e. The van der Waals surface area contributed by atoms with Gasteiger partial charge in [-0.3, -0.25) is 4.79 Å². The molecule has 0 aliphatic carbocycles. The number of hydrogen-bond acceptors (Lipinski definition) is 8. The molecule has 0 saturated heterocycles. The summed E-state index contributed by atoms with van der Waals surface area (Å²) in [7, 11) is 0. The van der Waals surface area contributed by atoms with Crippen molar-refractivity contribution in [2.75, 3.05) is 34.7 Å². The summed E-state index contributed by atoms with van der Waals surface area (Å²) in [6.45, 7) is 3.99. The van der Waals surface area contributed by atoms with Crippen molar-refractivity contribution in [3.8, 4) is 0 Å². The number of nitrogens with one attached hydrogen (secondary N) is 3. The molecule has 2 aromatic heterocycles. The third-order valence-corrected chi connectivity index (χ3v) is 6.69. The highest BCUT2D eigenvalue weighted by atomic mass is 35.5. The van der Waals surface area contributed by atoms with E-state index in [0.717, 1.165) is 27.1 Å². The Morgan fingerprint density at radius 2 is 2.09 bits per heavy atom. The summed E-state index contributed by atoms with van der Waals surface area (Å²) in [6, 6.07) is 8.85. The van der Waals surface area contributed by atoms with Gasteiger partial charge >= 0.3 is 0 Å². The molecule has 0 saturated carbocycles. The topological polar surface area (TPSA) is 127 Å². The molecule has 14 heteroatoms. The number of thiazole rings is 1. The quantitative estimate of drug-likeness (QED) is 0.209. The van der Waals surface area contributed by atoms with Gasteiger partial charge in [0.1, 0.15) is 10.2 Å². The van der Waals surface area contributed by atoms with E-state index < -0.39 is 23.0 Å². The lowest BCUT2D eigenvalue weighted by atomic mass is 10.1. The highest BCUT2D eigenvalue weighted by Crippen LogP contribution is 2.30. The Bertz CT molecular complexity index is 1380. The number of benzene rings is 2. The lowest BCUT2D eigenvalue weighted by Gasteiger charge is -2.23. The van der Waals surface area contributed by atoms with Gasteiger partial charge in [-0.15, -0.1) is 0 Å². The van der Waals surface area contributed by atoms with Gasteiger partial charge in [-0.1, -0.05) is 35.9 Å². The first-order valence-corrected chi connectivity index (χ1v) is 12.6. The number of fused-ring (bicyclic) bond motifs is 1. The lowest BCUT2D eigenvalue weighted by molar-refractivity contribution is 0.102. The number of nitrogens with zero attached hydrogens (tertiary/aromatic N) is 4. The zero-order chi connectivity index (χ0) is 24.9. The van der Waals surface area contributed by atoms with Crippen LogP contribution in [0, 0.1) is 5.82 Å². The zero-order valence-electron chi connectivity index (χ0n) is 18.3. The van der Waals surface area contributed by atoms with Crippen molar-refractivity contribution in [1.82, 2.24) is 20.2 Å². The van der Waals surface area contributed by atoms with Crippen LogP contribution in [-0.4, -0.2) is 49.2 Å². The Labute approximate surface area is 211 Å². The summed E-state index contributed by atoms with van der Waals surface area (Å²) in [5, 5.41) is 13.7. The van der Waals surface area contributed by atoms with Crippen molar-refractivity contribution < 1.29 is 17.9 Å². The van der Waals surface area contributed by atoms with E-state index in [0.29, 0.717) is 39.7 Å². The molecule has 1 atom stereocenters. The number of amides is 1. The molecular weight excluding hydrogens is 517 g/mol. The summed E-state index contributed by atoms with van der Waals surface area (Å²) < 4.78 is 38.9. The van der Waals surface area contributed by atoms with E-state index in [2.05, 4.69) is 26.0 Å². The van der Waals surface area contributed by atoms with E-state index in [4.69, 9.17) is 11.6 Å². The Hall–Kier alpha value is -3.10. The zero-order valence-corrected chi connectivity index (χ0v) is 20.7. The highest BCUT2D eigenvalue weighted by Gasteiger charge is 2.21. The smallest absolute Gasteiger partial charge is 0.256 e. The van der Waals surface area contributed by atoms with Crippen LogP contribution in [0.2, 0.25) is 4.34 Å². The van der Waals surface area contributed by atoms with Crippen LogP contribution in [0.3, 0.4) is 0 Å². The summed E-state index contributed by atoms with van der Waals surface area (Å²) >= 11 is 4.11. The van der Waals surface area contributed by atoms with Gasteiger partial charge in [0.05, 0.1) is 46.1 Å². The molecule has 1 amide bonds. The van der Waals surface area contributed by atoms with Crippen molar-refractivity contribution in [3.63, 3.8) is 0 Å². The van der Waals surface area contributed by atoms with Crippen LogP contribution in [-0.2, 0) is 11.3 Å². The molecule has 35 heavy (non-hydrogen) atoms. The summed E-state index contributed by atoms with van der Waals surface area (Å²) in [4.78, 5) is 18.3. The number of anilines is 3. The molecule has 2 heterocycles. The third kappa shape index (κ3) is 5.60. The molecule has 3 N–H and O–H groups in total. The Morgan fingerprint density at radius 3 is 2.80 bits per heavy atom. The fourth-order valence-corrected chi connectivity index (χ4v) is 4.87. The number of carbonyl (C=O) groups excluding carboxylic acids is 1. The Kier molecular flexibility index (Phi) is 7.93. The van der Waals surface area contributed by atoms with Crippen molar-refractivity contribution in [2.24, 2.45) is 0 Å². The van der Waals surface area contributed by atoms with Crippen LogP contribution in [0.5, 0.6) is 0 Å². The summed E-state index contributed by atoms with van der Waals surface area (Å²) in [5.41, 5.74) is 1.45. The normalized spacial score (nSPS) is 12.0. The van der Waals surface area contributed by atoms with Gasteiger partial charge in [0.2, 0.25) is 5.13 Å². The number of carbonyl (C=O) groups is 1. The second-order valence-corrected chi connectivity index (χ2v) is 9.55. The minimum Gasteiger partial charge on any atom is -0.754 e. The fourth-order valence-electron chi connectivity index (χ4n) is 3.35. The average Bonchev–Trinajstić information content (AvgIpc) is 3.45. The number of aromatic nitrogens is 3. The molecule has 1 unspecified atom stereocenters. The third-order valence-electron chi connectivity index (χ3n) is 4.88. The second kappa shape index (κ2) is 11.1. The first-order valence-electron chi connectivity index (χ1n) is 10.4. The Balaban J connectivity index is 1.64. The molecular formula is C21H20ClFN7O3S2-. The van der Waals surface area contributed by atoms with Crippen molar-refractivity contribution in [1.29, 1.82) is 0 Å². The molecule has 10 nitrogen and oxygen atoms in total. The number of halogens is 2. The van der Waals surface area contributed by atoms with Crippen LogP contribution in [0.4, 0.5) is 20.9 Å². The lowest BCUT2D eigenvalue weighted by Crippen LogP contribution is -2.32. The standard InChI is InChI=1S/C21H21ClFN7O3S2/c1-2-24-8-9-25-17-10-13(23)6-7-16(17)28-20(31)14-4-3-5-18-15(14)11-27-29(18)30(35(32)33)21-26-12-19(22)34-21/h3-7,10-12,24-25H,2,8-9H2,1H3,(H,28,31)(H,32,33)/p-1. The van der Waals surface area contributed by atoms with Gasteiger partial charge in [0, 0.05) is 18.5 Å². The van der Waals surface area contributed by atoms with Crippen LogP contribution in [0.15, 0.2) is 48.8 Å². The van der Waals surface area contributed by atoms with Crippen LogP contribution < -0.4 is 20.4 Å². The molecule has 0 bridgehead atoms. The molecule has 0 aliphatic heterocycles. The van der Waals surface area contributed by atoms with Crippen LogP contribution in [0.1, 0.15) is 17.3 Å². The van der Waals surface area contributed by atoms with Crippen molar-refractivity contribution >= 4 is 67.5 Å². The van der Waals surface area contributed by atoms with Gasteiger partial charge in [-0.05, 0) is 36.9 Å². The maximum absolute atomic E-state index is 13.8. The van der Waals surface area contributed by atoms with E-state index in [1.54, 1.807) is 18.2 Å². The second-order valence-electron chi connectivity index (χ2n) is 7.13. The van der Waals surface area contributed by atoms with Gasteiger partial charge in [0.25, 0.3) is 5.91 Å². The largest absolute Gasteiger partial charge is 0.754 e. The van der Waals surface area contributed by atoms with Gasteiger partial charge < -0.3 is 20.5 Å². The molecule has 0 spiro atoms. The maximum atomic E-state index is 13.8. The molecule has 4 aromatic rings. The number of rotatable bonds is 10. The van der Waals surface area contributed by atoms with E-state index >= 15 is 0 Å². The minimum atomic E-state index is -2.76. The first kappa shape index (κ1) is 25.0. The molecule has 0 aliphatic rings. The Morgan fingerprint density at radius 1 is 1.26 bits per heavy atom. The monoisotopic (exact) mass is 536 g/mol. The van der Waals surface area contributed by atoms with E-state index in [1.807, 2.05) is 6.92 Å². The van der Waals surface area contributed by atoms with E-state index in [1.165, 1.54) is 30.6 Å². The van der Waals surface area contributed by atoms with Gasteiger partial charge in [-0.2, -0.15) is 14.3 Å². The highest BCUT2D eigenvalue weighted by molar-refractivity contribution is 7.80. The van der Waals surface area contributed by atoms with Gasteiger partial charge in [-0.25, -0.2) is 13.6 Å². The SMILES string of the molecule is CCNCCNc1cc(F)ccc1NC(=O)c1cccc2c1cnn2N(c1ncc(Cl)s1)S(=O)[O-]. The number of hydrogen-bond donors (Lipinski definition) is 3. The van der Waals surface area contributed by atoms with Crippen LogP contribution >= 0.6 is 22.9 Å². The molecule has 0 fully saturated rings. The molecule has 4 rings (SSSR count). The minimum absolute atomic E-state index is 0.0859. The predicted molar refractivity (Wildman–Crippen MR) is 135 cm³/mol. The molecule has 0 radical (unpaired) electrons. The van der Waals surface area contributed by atoms with Crippen molar-refractivity contribution in [3.05, 3.63) is 64.5 Å². The van der Waals surface area contributed by atoms with Crippen molar-refractivity contribution in [2.45, 2.75) is 6.92 Å². The number of likely N-dealkylation sites (N-methyl/N-ethyl adjacent to an activating group) is 1.